The number of hydrogen-bond donors (Lipinski definition) is 3. The minimum Gasteiger partial charge on any atom is -0.362 e. The first-order chi connectivity index (χ1) is 15.9. The second-order valence-electron chi connectivity index (χ2n) is 9.32. The van der Waals surface area contributed by atoms with Crippen molar-refractivity contribution in [2.75, 3.05) is 29.6 Å². The van der Waals surface area contributed by atoms with Gasteiger partial charge in [-0.05, 0) is 94.8 Å². The van der Waals surface area contributed by atoms with Crippen LogP contribution >= 0.6 is 12.2 Å². The molecule has 2 aliphatic rings. The van der Waals surface area contributed by atoms with Gasteiger partial charge in [-0.15, -0.1) is 0 Å². The quantitative estimate of drug-likeness (QED) is 0.429. The number of benzene rings is 1. The molecule has 4 rings (SSSR count). The fourth-order valence-corrected chi connectivity index (χ4v) is 5.00. The first kappa shape index (κ1) is 23.4. The molecule has 1 fully saturated rings. The smallest absolute Gasteiger partial charge is 0.225 e. The molecule has 2 aromatic rings. The standard InChI is InChI=1S/C25H34N6OS/c1-16(32)17-8-10-19(11-9-17)27-25(33)28-20-14-12-18(13-15-20)26-24-29-22-7-5-4-6-21(22)23(30-24)31(2)3/h8-11,18,20H,4-7,12-15H2,1-3H3,(H,26,29,30)(H2,27,28,33)/t18-,20+. The first-order valence-corrected chi connectivity index (χ1v) is 12.3. The van der Waals surface area contributed by atoms with E-state index in [4.69, 9.17) is 22.2 Å². The van der Waals surface area contributed by atoms with Crippen LogP contribution in [0.2, 0.25) is 0 Å². The van der Waals surface area contributed by atoms with Gasteiger partial charge in [0, 0.05) is 43.0 Å². The third kappa shape index (κ3) is 5.99. The monoisotopic (exact) mass is 466 g/mol. The van der Waals surface area contributed by atoms with E-state index in [1.165, 1.54) is 24.1 Å². The highest BCUT2D eigenvalue weighted by Crippen LogP contribution is 2.29. The van der Waals surface area contributed by atoms with E-state index in [9.17, 15) is 4.79 Å². The molecule has 0 radical (unpaired) electrons. The molecule has 0 amide bonds. The van der Waals surface area contributed by atoms with Crippen LogP contribution in [0, 0.1) is 0 Å². The Morgan fingerprint density at radius 3 is 2.33 bits per heavy atom. The van der Waals surface area contributed by atoms with Gasteiger partial charge in [0.1, 0.15) is 5.82 Å². The number of fused-ring (bicyclic) bond motifs is 1. The maximum atomic E-state index is 11.4. The molecule has 7 nitrogen and oxygen atoms in total. The highest BCUT2D eigenvalue weighted by atomic mass is 32.1. The molecule has 1 heterocycles. The summed E-state index contributed by atoms with van der Waals surface area (Å²) in [6.45, 7) is 1.57. The molecular weight excluding hydrogens is 432 g/mol. The largest absolute Gasteiger partial charge is 0.362 e. The zero-order chi connectivity index (χ0) is 23.4. The Labute approximate surface area is 201 Å². The number of anilines is 3. The molecule has 0 aliphatic heterocycles. The predicted molar refractivity (Wildman–Crippen MR) is 138 cm³/mol. The van der Waals surface area contributed by atoms with Gasteiger partial charge in [-0.1, -0.05) is 0 Å². The number of ketones is 1. The van der Waals surface area contributed by atoms with E-state index < -0.39 is 0 Å². The van der Waals surface area contributed by atoms with Crippen molar-refractivity contribution in [2.24, 2.45) is 0 Å². The van der Waals surface area contributed by atoms with Crippen LogP contribution in [-0.2, 0) is 12.8 Å². The number of carbonyl (C=O) groups is 1. The Kier molecular flexibility index (Phi) is 7.42. The van der Waals surface area contributed by atoms with Gasteiger partial charge >= 0.3 is 0 Å². The maximum Gasteiger partial charge on any atom is 0.225 e. The van der Waals surface area contributed by atoms with E-state index in [1.807, 2.05) is 24.3 Å². The molecule has 8 heteroatoms. The van der Waals surface area contributed by atoms with Crippen LogP contribution in [0.25, 0.3) is 0 Å². The number of hydrogen-bond acceptors (Lipinski definition) is 6. The third-order valence-electron chi connectivity index (χ3n) is 6.53. The summed E-state index contributed by atoms with van der Waals surface area (Å²) in [5.74, 6) is 1.89. The summed E-state index contributed by atoms with van der Waals surface area (Å²) in [6.07, 6.45) is 8.73. The van der Waals surface area contributed by atoms with E-state index >= 15 is 0 Å². The van der Waals surface area contributed by atoms with Crippen molar-refractivity contribution >= 4 is 40.6 Å². The average Bonchev–Trinajstić information content (AvgIpc) is 2.80. The van der Waals surface area contributed by atoms with Crippen LogP contribution in [0.15, 0.2) is 24.3 Å². The van der Waals surface area contributed by atoms with Gasteiger partial charge in [0.15, 0.2) is 10.9 Å². The molecule has 3 N–H and O–H groups in total. The lowest BCUT2D eigenvalue weighted by Gasteiger charge is -2.31. The zero-order valence-corrected chi connectivity index (χ0v) is 20.6. The van der Waals surface area contributed by atoms with Crippen LogP contribution in [0.5, 0.6) is 0 Å². The number of thiocarbonyl (C=S) groups is 1. The first-order valence-electron chi connectivity index (χ1n) is 11.9. The average molecular weight is 467 g/mol. The van der Waals surface area contributed by atoms with E-state index in [1.54, 1.807) is 6.92 Å². The maximum absolute atomic E-state index is 11.4. The number of nitrogens with zero attached hydrogens (tertiary/aromatic N) is 3. The number of aromatic nitrogens is 2. The molecule has 0 atom stereocenters. The van der Waals surface area contributed by atoms with Gasteiger partial charge in [-0.25, -0.2) is 4.98 Å². The molecule has 1 saturated carbocycles. The molecule has 0 unspecified atom stereocenters. The summed E-state index contributed by atoms with van der Waals surface area (Å²) in [5, 5.41) is 10.9. The van der Waals surface area contributed by atoms with Gasteiger partial charge < -0.3 is 20.9 Å². The second-order valence-corrected chi connectivity index (χ2v) is 9.73. The number of nitrogens with one attached hydrogen (secondary N) is 3. The third-order valence-corrected chi connectivity index (χ3v) is 6.75. The zero-order valence-electron chi connectivity index (χ0n) is 19.8. The summed E-state index contributed by atoms with van der Waals surface area (Å²) in [5.41, 5.74) is 4.12. The Hall–Kier alpha value is -2.74. The van der Waals surface area contributed by atoms with Crippen LogP contribution in [0.3, 0.4) is 0 Å². The Balaban J connectivity index is 1.28. The molecule has 0 bridgehead atoms. The van der Waals surface area contributed by atoms with Crippen molar-refractivity contribution in [3.63, 3.8) is 0 Å². The van der Waals surface area contributed by atoms with Crippen LogP contribution in [-0.4, -0.2) is 47.0 Å². The molecule has 1 aromatic heterocycles. The lowest BCUT2D eigenvalue weighted by atomic mass is 9.91. The van der Waals surface area contributed by atoms with Gasteiger partial charge in [0.05, 0.1) is 5.69 Å². The van der Waals surface area contributed by atoms with Gasteiger partial charge in [0.25, 0.3) is 0 Å². The normalized spacial score (nSPS) is 19.8. The highest BCUT2D eigenvalue weighted by molar-refractivity contribution is 7.80. The SMILES string of the molecule is CC(=O)c1ccc(NC(=S)N[C@H]2CC[C@@H](Nc3nc4c(c(N(C)C)n3)CCCC4)CC2)cc1. The van der Waals surface area contributed by atoms with E-state index in [2.05, 4.69) is 34.9 Å². The predicted octanol–water partition coefficient (Wildman–Crippen LogP) is 4.33. The summed E-state index contributed by atoms with van der Waals surface area (Å²) in [7, 11) is 4.12. The van der Waals surface area contributed by atoms with Gasteiger partial charge in [0.2, 0.25) is 5.95 Å². The van der Waals surface area contributed by atoms with Crippen molar-refractivity contribution in [1.82, 2.24) is 15.3 Å². The number of carbonyl (C=O) groups excluding carboxylic acids is 1. The summed E-state index contributed by atoms with van der Waals surface area (Å²) in [6, 6.07) is 8.11. The molecule has 0 saturated heterocycles. The molecular formula is C25H34N6OS. The summed E-state index contributed by atoms with van der Waals surface area (Å²) >= 11 is 5.50. The van der Waals surface area contributed by atoms with Crippen LogP contribution in [0.4, 0.5) is 17.5 Å². The second kappa shape index (κ2) is 10.5. The number of Topliss-reactive ketones (excluding diaryl/α,β-unsaturated/α-hetero) is 1. The van der Waals surface area contributed by atoms with Gasteiger partial charge in [-0.2, -0.15) is 4.98 Å². The number of aryl methyl sites for hydroxylation is 1. The van der Waals surface area contributed by atoms with Crippen molar-refractivity contribution < 1.29 is 4.79 Å². The Bertz CT molecular complexity index is 999. The van der Waals surface area contributed by atoms with Gasteiger partial charge in [-0.3, -0.25) is 4.79 Å². The molecule has 0 spiro atoms. The van der Waals surface area contributed by atoms with Crippen molar-refractivity contribution in [2.45, 2.75) is 70.4 Å². The lowest BCUT2D eigenvalue weighted by molar-refractivity contribution is 0.101. The molecule has 33 heavy (non-hydrogen) atoms. The van der Waals surface area contributed by atoms with E-state index in [0.29, 0.717) is 22.8 Å². The van der Waals surface area contributed by atoms with Crippen molar-refractivity contribution in [1.29, 1.82) is 0 Å². The summed E-state index contributed by atoms with van der Waals surface area (Å²) in [4.78, 5) is 23.2. The van der Waals surface area contributed by atoms with Crippen molar-refractivity contribution in [3.05, 3.63) is 41.1 Å². The molecule has 176 valence electrons. The Morgan fingerprint density at radius 1 is 1.00 bits per heavy atom. The molecule has 2 aliphatic carbocycles. The van der Waals surface area contributed by atoms with Crippen LogP contribution in [0.1, 0.15) is 67.1 Å². The topological polar surface area (TPSA) is 82.2 Å². The lowest BCUT2D eigenvalue weighted by Crippen LogP contribution is -2.42. The van der Waals surface area contributed by atoms with Crippen molar-refractivity contribution in [3.8, 4) is 0 Å². The van der Waals surface area contributed by atoms with Crippen LogP contribution < -0.4 is 20.9 Å². The van der Waals surface area contributed by atoms with E-state index in [0.717, 1.165) is 56.0 Å². The number of rotatable bonds is 6. The highest BCUT2D eigenvalue weighted by Gasteiger charge is 2.24. The fourth-order valence-electron chi connectivity index (χ4n) is 4.71. The minimum absolute atomic E-state index is 0.0614. The summed E-state index contributed by atoms with van der Waals surface area (Å²) < 4.78 is 0. The fraction of sp³-hybridized carbons (Fsp3) is 0.520. The Morgan fingerprint density at radius 2 is 1.67 bits per heavy atom. The molecule has 1 aromatic carbocycles. The van der Waals surface area contributed by atoms with E-state index in [-0.39, 0.29) is 5.78 Å². The minimum atomic E-state index is 0.0614.